The number of hydrogen-bond acceptors (Lipinski definition) is 7. The van der Waals surface area contributed by atoms with E-state index in [4.69, 9.17) is 5.26 Å². The Labute approximate surface area is 205 Å². The van der Waals surface area contributed by atoms with Crippen molar-refractivity contribution in [2.45, 2.75) is 25.3 Å². The fraction of sp³-hybridized carbons (Fsp3) is 0.231. The van der Waals surface area contributed by atoms with Crippen LogP contribution in [0.25, 0.3) is 10.8 Å². The first-order valence-corrected chi connectivity index (χ1v) is 11.5. The summed E-state index contributed by atoms with van der Waals surface area (Å²) in [6, 6.07) is 13.5. The zero-order valence-electron chi connectivity index (χ0n) is 19.4. The van der Waals surface area contributed by atoms with Gasteiger partial charge in [0.2, 0.25) is 5.95 Å². The van der Waals surface area contributed by atoms with Gasteiger partial charge in [0.05, 0.1) is 34.6 Å². The summed E-state index contributed by atoms with van der Waals surface area (Å²) in [5.41, 5.74) is 1.43. The maximum atomic E-state index is 14.8. The van der Waals surface area contributed by atoms with E-state index < -0.39 is 11.7 Å². The maximum absolute atomic E-state index is 14.8. The molecule has 4 aromatic rings. The minimum absolute atomic E-state index is 0.0108. The van der Waals surface area contributed by atoms with Gasteiger partial charge in [0, 0.05) is 30.4 Å². The summed E-state index contributed by atoms with van der Waals surface area (Å²) in [7, 11) is 0. The summed E-state index contributed by atoms with van der Waals surface area (Å²) in [6.07, 6.45) is 3.51. The van der Waals surface area contributed by atoms with Crippen LogP contribution in [0.4, 0.5) is 10.3 Å². The molecule has 180 valence electrons. The third-order valence-electron chi connectivity index (χ3n) is 6.45. The van der Waals surface area contributed by atoms with Crippen LogP contribution < -0.4 is 10.9 Å². The van der Waals surface area contributed by atoms with Gasteiger partial charge in [-0.2, -0.15) is 10.4 Å². The van der Waals surface area contributed by atoms with Gasteiger partial charge in [-0.1, -0.05) is 31.2 Å². The molecule has 1 saturated heterocycles. The summed E-state index contributed by atoms with van der Waals surface area (Å²) in [5, 5.41) is 20.1. The number of nitriles is 1. The van der Waals surface area contributed by atoms with E-state index in [-0.39, 0.29) is 23.1 Å². The molecule has 2 aromatic carbocycles. The molecule has 0 saturated carbocycles. The predicted octanol–water partition coefficient (Wildman–Crippen LogP) is 3.20. The first-order chi connectivity index (χ1) is 17.4. The molecule has 0 spiro atoms. The van der Waals surface area contributed by atoms with Crippen LogP contribution in [0.5, 0.6) is 0 Å². The molecular weight excluding hydrogens is 461 g/mol. The molecule has 0 aliphatic carbocycles. The zero-order chi connectivity index (χ0) is 25.2. The molecule has 9 nitrogen and oxygen atoms in total. The summed E-state index contributed by atoms with van der Waals surface area (Å²) < 4.78 is 14.8. The largest absolute Gasteiger partial charge is 0.350 e. The molecule has 2 N–H and O–H groups in total. The van der Waals surface area contributed by atoms with E-state index in [1.807, 2.05) is 25.1 Å². The molecular formula is C26H22FN7O2. The molecule has 0 bridgehead atoms. The Morgan fingerprint density at radius 1 is 1.22 bits per heavy atom. The third-order valence-corrected chi connectivity index (χ3v) is 6.45. The first kappa shape index (κ1) is 23.1. The Bertz CT molecular complexity index is 1540. The monoisotopic (exact) mass is 483 g/mol. The van der Waals surface area contributed by atoms with Crippen molar-refractivity contribution in [3.63, 3.8) is 0 Å². The standard InChI is InChI=1S/C26H22FN7O2/c1-15(23-19-4-2-3-5-20(19)24(35)33-32-23)17-6-7-22(27)21(10-17)25(36)34-9-8-18(14-34)31-26-29-12-16(11-28)13-30-26/h2-7,10,12-13,15,18H,8-9,14H2,1H3,(H,33,35)(H,29,30,31). The molecule has 1 aliphatic heterocycles. The van der Waals surface area contributed by atoms with E-state index in [9.17, 15) is 14.0 Å². The summed E-state index contributed by atoms with van der Waals surface area (Å²) in [6.45, 7) is 2.73. The molecule has 1 fully saturated rings. The zero-order valence-corrected chi connectivity index (χ0v) is 19.4. The van der Waals surface area contributed by atoms with Gasteiger partial charge in [0.1, 0.15) is 11.9 Å². The molecule has 0 radical (unpaired) electrons. The Morgan fingerprint density at radius 3 is 2.72 bits per heavy atom. The number of nitrogens with one attached hydrogen (secondary N) is 2. The minimum Gasteiger partial charge on any atom is -0.350 e. The predicted molar refractivity (Wildman–Crippen MR) is 131 cm³/mol. The third kappa shape index (κ3) is 4.38. The molecule has 3 heterocycles. The van der Waals surface area contributed by atoms with Crippen LogP contribution >= 0.6 is 0 Å². The van der Waals surface area contributed by atoms with Crippen LogP contribution in [0.3, 0.4) is 0 Å². The van der Waals surface area contributed by atoms with E-state index >= 15 is 0 Å². The highest BCUT2D eigenvalue weighted by Crippen LogP contribution is 2.29. The number of halogens is 1. The number of fused-ring (bicyclic) bond motifs is 1. The average Bonchev–Trinajstić information content (AvgIpc) is 3.37. The van der Waals surface area contributed by atoms with Crippen LogP contribution in [0.2, 0.25) is 0 Å². The summed E-state index contributed by atoms with van der Waals surface area (Å²) in [5.74, 6) is -0.913. The van der Waals surface area contributed by atoms with Crippen molar-refractivity contribution >= 4 is 22.6 Å². The number of hydrogen-bond donors (Lipinski definition) is 2. The van der Waals surface area contributed by atoms with Gasteiger partial charge in [-0.25, -0.2) is 19.5 Å². The van der Waals surface area contributed by atoms with Gasteiger partial charge in [0.15, 0.2) is 0 Å². The highest BCUT2D eigenvalue weighted by molar-refractivity contribution is 5.95. The first-order valence-electron chi connectivity index (χ1n) is 11.5. The molecule has 36 heavy (non-hydrogen) atoms. The van der Waals surface area contributed by atoms with E-state index in [0.29, 0.717) is 53.1 Å². The number of carbonyl (C=O) groups excluding carboxylic acids is 1. The molecule has 1 aliphatic rings. The van der Waals surface area contributed by atoms with Gasteiger partial charge in [0.25, 0.3) is 11.5 Å². The minimum atomic E-state index is -0.595. The van der Waals surface area contributed by atoms with E-state index in [1.54, 1.807) is 29.2 Å². The highest BCUT2D eigenvalue weighted by atomic mass is 19.1. The molecule has 2 unspecified atom stereocenters. The number of anilines is 1. The number of aromatic nitrogens is 4. The van der Waals surface area contributed by atoms with Crippen LogP contribution in [0.1, 0.15) is 46.4 Å². The molecule has 2 atom stereocenters. The quantitative estimate of drug-likeness (QED) is 0.446. The number of nitrogens with zero attached hydrogens (tertiary/aromatic N) is 5. The molecule has 10 heteroatoms. The molecule has 2 aromatic heterocycles. The Kier molecular flexibility index (Phi) is 6.12. The number of H-pyrrole nitrogens is 1. The SMILES string of the molecule is CC(c1ccc(F)c(C(=O)N2CCC(Nc3ncc(C#N)cn3)C2)c1)c1n[nH]c(=O)c2ccccc12. The molecule has 5 rings (SSSR count). The Hall–Kier alpha value is -4.65. The number of carbonyl (C=O) groups is 1. The van der Waals surface area contributed by atoms with Gasteiger partial charge < -0.3 is 10.2 Å². The van der Waals surface area contributed by atoms with Gasteiger partial charge >= 0.3 is 0 Å². The van der Waals surface area contributed by atoms with Gasteiger partial charge in [-0.15, -0.1) is 0 Å². The summed E-state index contributed by atoms with van der Waals surface area (Å²) in [4.78, 5) is 35.2. The van der Waals surface area contributed by atoms with Crippen molar-refractivity contribution in [1.29, 1.82) is 5.26 Å². The number of aromatic amines is 1. The van der Waals surface area contributed by atoms with Crippen LogP contribution in [-0.2, 0) is 0 Å². The smallest absolute Gasteiger partial charge is 0.272 e. The van der Waals surface area contributed by atoms with Crippen molar-refractivity contribution in [3.8, 4) is 6.07 Å². The molecule has 1 amide bonds. The highest BCUT2D eigenvalue weighted by Gasteiger charge is 2.29. The summed E-state index contributed by atoms with van der Waals surface area (Å²) >= 11 is 0. The van der Waals surface area contributed by atoms with Crippen molar-refractivity contribution in [3.05, 3.63) is 93.4 Å². The van der Waals surface area contributed by atoms with Crippen molar-refractivity contribution in [2.24, 2.45) is 0 Å². The van der Waals surface area contributed by atoms with Crippen molar-refractivity contribution in [1.82, 2.24) is 25.1 Å². The second kappa shape index (κ2) is 9.54. The lowest BCUT2D eigenvalue weighted by Gasteiger charge is -2.19. The number of amides is 1. The lowest BCUT2D eigenvalue weighted by Crippen LogP contribution is -2.32. The number of likely N-dealkylation sites (tertiary alicyclic amines) is 1. The van der Waals surface area contributed by atoms with Crippen molar-refractivity contribution in [2.75, 3.05) is 18.4 Å². The number of benzene rings is 2. The van der Waals surface area contributed by atoms with Crippen LogP contribution in [0, 0.1) is 17.1 Å². The van der Waals surface area contributed by atoms with Crippen LogP contribution in [0.15, 0.2) is 59.7 Å². The fourth-order valence-corrected chi connectivity index (χ4v) is 4.48. The fourth-order valence-electron chi connectivity index (χ4n) is 4.48. The van der Waals surface area contributed by atoms with Gasteiger partial charge in [-0.05, 0) is 30.2 Å². The Balaban J connectivity index is 1.35. The second-order valence-electron chi connectivity index (χ2n) is 8.73. The second-order valence-corrected chi connectivity index (χ2v) is 8.73. The lowest BCUT2D eigenvalue weighted by molar-refractivity contribution is 0.0787. The lowest BCUT2D eigenvalue weighted by atomic mass is 9.92. The van der Waals surface area contributed by atoms with E-state index in [2.05, 4.69) is 25.5 Å². The number of rotatable bonds is 5. The topological polar surface area (TPSA) is 128 Å². The van der Waals surface area contributed by atoms with Crippen LogP contribution in [-0.4, -0.2) is 50.1 Å². The Morgan fingerprint density at radius 2 is 1.97 bits per heavy atom. The van der Waals surface area contributed by atoms with E-state index in [0.717, 1.165) is 0 Å². The normalized spacial score (nSPS) is 16.0. The van der Waals surface area contributed by atoms with Crippen molar-refractivity contribution < 1.29 is 9.18 Å². The van der Waals surface area contributed by atoms with E-state index in [1.165, 1.54) is 18.5 Å². The maximum Gasteiger partial charge on any atom is 0.272 e. The van der Waals surface area contributed by atoms with Gasteiger partial charge in [-0.3, -0.25) is 9.59 Å². The average molecular weight is 484 g/mol.